The number of anilines is 2. The zero-order valence-electron chi connectivity index (χ0n) is 37.7. The molecule has 13 heteroatoms. The molecule has 0 unspecified atom stereocenters. The number of aromatic carboxylic acids is 2. The first-order chi connectivity index (χ1) is 31.0. The molecule has 2 aliphatic rings. The first kappa shape index (κ1) is 43.8. The molecule has 0 spiro atoms. The zero-order valence-corrected chi connectivity index (χ0v) is 37.7. The van der Waals surface area contributed by atoms with Gasteiger partial charge in [0.25, 0.3) is 0 Å². The predicted molar refractivity (Wildman–Crippen MR) is 258 cm³/mol. The number of allylic oxidation sites excluding steroid dienone is 4. The van der Waals surface area contributed by atoms with E-state index in [4.69, 9.17) is 9.97 Å². The average molecular weight is 870 g/mol. The van der Waals surface area contributed by atoms with Gasteiger partial charge in [0.05, 0.1) is 52.3 Å². The van der Waals surface area contributed by atoms with Crippen LogP contribution in [0.3, 0.4) is 0 Å². The van der Waals surface area contributed by atoms with Crippen molar-refractivity contribution >= 4 is 90.5 Å². The molecule has 330 valence electrons. The molecule has 2 aliphatic heterocycles. The Bertz CT molecular complexity index is 3310. The Hall–Kier alpha value is -7.80. The van der Waals surface area contributed by atoms with Crippen LogP contribution < -0.4 is 10.6 Å². The summed E-state index contributed by atoms with van der Waals surface area (Å²) < 4.78 is 0. The van der Waals surface area contributed by atoms with E-state index >= 15 is 0 Å². The third-order valence-electron chi connectivity index (χ3n) is 12.8. The number of aromatic amines is 3. The highest BCUT2D eigenvalue weighted by Gasteiger charge is 2.23. The molecule has 13 nitrogen and oxygen atoms in total. The van der Waals surface area contributed by atoms with Gasteiger partial charge in [-0.05, 0) is 171 Å². The van der Waals surface area contributed by atoms with Crippen LogP contribution in [0.25, 0.3) is 55.4 Å². The monoisotopic (exact) mass is 869 g/mol. The van der Waals surface area contributed by atoms with Crippen LogP contribution in [0, 0.1) is 20.8 Å². The van der Waals surface area contributed by atoms with Crippen molar-refractivity contribution in [1.29, 1.82) is 0 Å². The number of nitrogens with zero attached hydrogens (tertiary/aromatic N) is 2. The highest BCUT2D eigenvalue weighted by atomic mass is 16.4. The van der Waals surface area contributed by atoms with Gasteiger partial charge in [-0.1, -0.05) is 26.0 Å². The summed E-state index contributed by atoms with van der Waals surface area (Å²) >= 11 is 0. The number of amides is 2. The molecule has 65 heavy (non-hydrogen) atoms. The number of aryl methyl sites for hydroxylation is 4. The third-order valence-corrected chi connectivity index (χ3v) is 12.8. The van der Waals surface area contributed by atoms with E-state index in [0.29, 0.717) is 33.8 Å². The van der Waals surface area contributed by atoms with Crippen LogP contribution in [0.1, 0.15) is 118 Å². The highest BCUT2D eigenvalue weighted by molar-refractivity contribution is 6.00. The maximum Gasteiger partial charge on any atom is 0.335 e. The van der Waals surface area contributed by atoms with Crippen LogP contribution >= 0.6 is 0 Å². The summed E-state index contributed by atoms with van der Waals surface area (Å²) in [6.07, 6.45) is 1.50. The fourth-order valence-electron chi connectivity index (χ4n) is 8.95. The van der Waals surface area contributed by atoms with Crippen LogP contribution in [0.15, 0.2) is 72.8 Å². The Morgan fingerprint density at radius 1 is 0.523 bits per heavy atom. The van der Waals surface area contributed by atoms with E-state index in [2.05, 4.69) is 65.4 Å². The van der Waals surface area contributed by atoms with E-state index in [1.807, 2.05) is 39.8 Å². The van der Waals surface area contributed by atoms with E-state index in [0.717, 1.165) is 102 Å². The molecule has 7 N–H and O–H groups in total. The minimum absolute atomic E-state index is 0.00107. The van der Waals surface area contributed by atoms with E-state index < -0.39 is 11.9 Å². The number of H-pyrrole nitrogens is 3. The molecule has 0 aliphatic carbocycles. The molecule has 0 saturated heterocycles. The summed E-state index contributed by atoms with van der Waals surface area (Å²) in [7, 11) is 0. The number of aromatic nitrogens is 5. The first-order valence-electron chi connectivity index (χ1n) is 21.6. The molecule has 2 amide bonds. The van der Waals surface area contributed by atoms with Crippen LogP contribution in [0.2, 0.25) is 0 Å². The van der Waals surface area contributed by atoms with Crippen molar-refractivity contribution in [1.82, 2.24) is 24.9 Å². The highest BCUT2D eigenvalue weighted by Crippen LogP contribution is 2.38. The van der Waals surface area contributed by atoms with E-state index in [9.17, 15) is 29.4 Å². The lowest BCUT2D eigenvalue weighted by molar-refractivity contribution is -0.116. The van der Waals surface area contributed by atoms with Crippen molar-refractivity contribution in [3.8, 4) is 0 Å². The van der Waals surface area contributed by atoms with Gasteiger partial charge in [-0.2, -0.15) is 0 Å². The number of nitrogens with one attached hydrogen (secondary N) is 5. The van der Waals surface area contributed by atoms with Crippen molar-refractivity contribution in [3.63, 3.8) is 0 Å². The number of rotatable bonds is 10. The number of hydrogen-bond donors (Lipinski definition) is 7. The van der Waals surface area contributed by atoms with Crippen molar-refractivity contribution in [2.45, 2.75) is 81.1 Å². The molecule has 0 saturated carbocycles. The van der Waals surface area contributed by atoms with Gasteiger partial charge in [-0.15, -0.1) is 0 Å². The fourth-order valence-corrected chi connectivity index (χ4v) is 8.95. The average Bonchev–Trinajstić information content (AvgIpc) is 4.00. The molecule has 6 aromatic rings. The Morgan fingerprint density at radius 2 is 1.00 bits per heavy atom. The second-order valence-corrected chi connectivity index (χ2v) is 16.7. The normalized spacial score (nSPS) is 12.5. The number of carboxylic acid groups (broad SMARTS) is 2. The number of carboxylic acids is 2. The van der Waals surface area contributed by atoms with Crippen molar-refractivity contribution in [3.05, 3.63) is 140 Å². The molecule has 4 aromatic heterocycles. The van der Waals surface area contributed by atoms with Gasteiger partial charge in [0, 0.05) is 39.0 Å². The summed E-state index contributed by atoms with van der Waals surface area (Å²) in [6.45, 7) is 16.4. The van der Waals surface area contributed by atoms with Gasteiger partial charge in [-0.3, -0.25) is 9.59 Å². The Morgan fingerprint density at radius 3 is 1.48 bits per heavy atom. The smallest absolute Gasteiger partial charge is 0.335 e. The topological polar surface area (TPSA) is 206 Å². The third kappa shape index (κ3) is 8.40. The molecule has 2 aromatic carbocycles. The van der Waals surface area contributed by atoms with Gasteiger partial charge >= 0.3 is 11.9 Å². The Kier molecular flexibility index (Phi) is 11.7. The largest absolute Gasteiger partial charge is 0.478 e. The maximum absolute atomic E-state index is 13.8. The maximum atomic E-state index is 13.8. The van der Waals surface area contributed by atoms with Crippen LogP contribution in [0.4, 0.5) is 11.4 Å². The number of carbonyl (C=O) groups is 4. The van der Waals surface area contributed by atoms with E-state index in [1.165, 1.54) is 24.3 Å². The Labute approximate surface area is 375 Å². The SMILES string of the molecule is CCC1=C(C)c2nc1cc1[nH]c(cc3nc(cc4[nH]c(cc5[nH]c2c(C)c5CC)c(C)c4CC(=O)Nc2cccc(C(=O)O)c2)C(C)=C3C)c(CC(=O)Nc2cccc(C(=O)O)c2)c1C. The van der Waals surface area contributed by atoms with Gasteiger partial charge in [0.15, 0.2) is 0 Å². The summed E-state index contributed by atoms with van der Waals surface area (Å²) in [6, 6.07) is 20.4. The lowest BCUT2D eigenvalue weighted by Gasteiger charge is -2.07. The molecule has 0 atom stereocenters. The quantitative estimate of drug-likeness (QED) is 0.0703. The van der Waals surface area contributed by atoms with E-state index in [-0.39, 0.29) is 35.8 Å². The summed E-state index contributed by atoms with van der Waals surface area (Å²) in [5.41, 5.74) is 18.4. The minimum atomic E-state index is -1.09. The molecule has 8 rings (SSSR count). The molecule has 0 radical (unpaired) electrons. The second-order valence-electron chi connectivity index (χ2n) is 16.7. The number of hydrogen-bond acceptors (Lipinski definition) is 6. The first-order valence-corrected chi connectivity index (χ1v) is 21.6. The standard InChI is InChI=1S/C52H51N7O6/c1-9-35-29(7)49-50-30(8)36(10-2)44(59-50)24-42-28(6)38(20-48(61)54-34-16-12-14-32(18-34)52(64)65)46(57-42)22-40-26(4)25(3)39(55-40)21-45-37(27(5)41(56-45)23-43(35)58-49)19-47(60)53-33-15-11-13-31(17-33)51(62)63/h11-18,21-24,56-58H,9-10,19-20H2,1-8H3,(H,53,60)(H,54,61)(H,62,63)(H,64,65). The van der Waals surface area contributed by atoms with Gasteiger partial charge in [-0.25, -0.2) is 19.6 Å². The van der Waals surface area contributed by atoms with Gasteiger partial charge < -0.3 is 35.8 Å². The minimum Gasteiger partial charge on any atom is -0.478 e. The van der Waals surface area contributed by atoms with Crippen molar-refractivity contribution in [2.75, 3.05) is 10.6 Å². The van der Waals surface area contributed by atoms with Crippen molar-refractivity contribution < 1.29 is 29.4 Å². The molecular weight excluding hydrogens is 819 g/mol. The lowest BCUT2D eigenvalue weighted by atomic mass is 10.0. The molecule has 10 bridgehead atoms. The van der Waals surface area contributed by atoms with Gasteiger partial charge in [0.2, 0.25) is 11.8 Å². The zero-order chi connectivity index (χ0) is 46.4. The van der Waals surface area contributed by atoms with Crippen LogP contribution in [-0.4, -0.2) is 58.9 Å². The van der Waals surface area contributed by atoms with Crippen LogP contribution in [0.5, 0.6) is 0 Å². The van der Waals surface area contributed by atoms with Crippen LogP contribution in [-0.2, 0) is 28.9 Å². The second kappa shape index (κ2) is 17.4. The van der Waals surface area contributed by atoms with Gasteiger partial charge in [0.1, 0.15) is 0 Å². The predicted octanol–water partition coefficient (Wildman–Crippen LogP) is 10.9. The summed E-state index contributed by atoms with van der Waals surface area (Å²) in [5, 5.41) is 24.9. The molecule has 6 heterocycles. The molecular formula is C52H51N7O6. The Balaban J connectivity index is 1.38. The summed E-state index contributed by atoms with van der Waals surface area (Å²) in [4.78, 5) is 72.3. The fraction of sp³-hybridized carbons (Fsp3) is 0.231. The number of benzene rings is 2. The number of carbonyl (C=O) groups excluding carboxylic acids is 2. The lowest BCUT2D eigenvalue weighted by Crippen LogP contribution is -2.15. The number of fused-ring (bicyclic) bond motifs is 11. The summed E-state index contributed by atoms with van der Waals surface area (Å²) in [5.74, 6) is -2.79. The van der Waals surface area contributed by atoms with E-state index in [1.54, 1.807) is 24.3 Å². The van der Waals surface area contributed by atoms with Crippen molar-refractivity contribution in [2.24, 2.45) is 0 Å². The molecule has 0 fully saturated rings.